The Bertz CT molecular complexity index is 5190. The first-order chi connectivity index (χ1) is 67.4. The molecule has 0 unspecified atom stereocenters. The number of aromatic nitrogens is 6. The normalized spacial score (nSPS) is 11.4. The second kappa shape index (κ2) is 64.7. The number of halogens is 20. The maximum atomic E-state index is 12.3. The lowest BCUT2D eigenvalue weighted by atomic mass is 9.98. The third-order valence-electron chi connectivity index (χ3n) is 19.6. The van der Waals surface area contributed by atoms with E-state index in [9.17, 15) is 94.0 Å². The number of nitrogens with two attached hydrogens (primary N) is 1. The zero-order chi connectivity index (χ0) is 112. The molecule has 11 rings (SSSR count). The number of rotatable bonds is 23. The van der Waals surface area contributed by atoms with Crippen LogP contribution in [0.5, 0.6) is 17.2 Å². The molecule has 11 aromatic rings. The van der Waals surface area contributed by atoms with Crippen LogP contribution >= 0.6 is 23.2 Å². The molecule has 146 heavy (non-hydrogen) atoms. The molecule has 32 heteroatoms. The van der Waals surface area contributed by atoms with Crippen LogP contribution < -0.4 is 5.73 Å². The minimum Gasteiger partial charge on any atom is -0.508 e. The van der Waals surface area contributed by atoms with Crippen molar-refractivity contribution in [1.29, 1.82) is 0 Å². The van der Waals surface area contributed by atoms with Gasteiger partial charge in [0.05, 0.1) is 21.2 Å². The largest absolute Gasteiger partial charge is 0.508 e. The number of hydrogen-bond donors (Lipinski definition) is 4. The Morgan fingerprint density at radius 3 is 1.07 bits per heavy atom. The zero-order valence-electron chi connectivity index (χ0n) is 87.8. The van der Waals surface area contributed by atoms with Crippen molar-refractivity contribution in [2.75, 3.05) is 0 Å². The van der Waals surface area contributed by atoms with Gasteiger partial charge in [-0.05, 0) is 308 Å². The highest BCUT2D eigenvalue weighted by atomic mass is 35.5. The molecular formula is C114H144Cl2F18N8O4. The topological polar surface area (TPSA) is 185 Å². The van der Waals surface area contributed by atoms with Crippen LogP contribution in [0.2, 0.25) is 10.0 Å². The molecule has 0 aliphatic carbocycles. The number of pyridine rings is 4. The van der Waals surface area contributed by atoms with Crippen molar-refractivity contribution in [1.82, 2.24) is 29.9 Å². The smallest absolute Gasteiger partial charge is 0.451 e. The predicted molar refractivity (Wildman–Crippen MR) is 551 cm³/mol. The number of nitrogens with zero attached hydrogens (tertiary/aromatic N) is 7. The summed E-state index contributed by atoms with van der Waals surface area (Å²) in [5, 5.41) is 28.5. The van der Waals surface area contributed by atoms with Crippen LogP contribution in [0.1, 0.15) is 269 Å². The second-order valence-electron chi connectivity index (χ2n) is 39.8. The summed E-state index contributed by atoms with van der Waals surface area (Å²) in [6.07, 6.45) is -11.5. The Kier molecular flexibility index (Phi) is 58.8. The van der Waals surface area contributed by atoms with E-state index < -0.39 is 71.1 Å². The second-order valence-corrected chi connectivity index (χ2v) is 40.6. The first kappa shape index (κ1) is 133. The summed E-state index contributed by atoms with van der Waals surface area (Å²) in [7, 11) is 0. The molecule has 0 spiro atoms. The Morgan fingerprint density at radius 1 is 0.315 bits per heavy atom. The highest BCUT2D eigenvalue weighted by molar-refractivity contribution is 6.37. The molecule has 5 N–H and O–H groups in total. The fourth-order valence-corrected chi connectivity index (χ4v) is 14.2. The van der Waals surface area contributed by atoms with Crippen LogP contribution in [0.3, 0.4) is 0 Å². The van der Waals surface area contributed by atoms with Crippen molar-refractivity contribution in [3.8, 4) is 17.2 Å². The summed E-state index contributed by atoms with van der Waals surface area (Å²) < 4.78 is 220. The number of aryl methyl sites for hydroxylation is 2. The number of hydrogen-bond acceptors (Lipinski definition) is 10. The van der Waals surface area contributed by atoms with Crippen LogP contribution in [0, 0.1) is 85.5 Å². The highest BCUT2D eigenvalue weighted by Crippen LogP contribution is 2.37. The first-order valence-corrected chi connectivity index (χ1v) is 48.9. The molecule has 0 radical (unpaired) electrons. The van der Waals surface area contributed by atoms with Crippen molar-refractivity contribution in [2.24, 2.45) is 70.8 Å². The fraction of sp³-hybridized carbons (Fsp3) is 0.456. The molecular weight excluding hydrogens is 1960 g/mol. The number of phenols is 3. The van der Waals surface area contributed by atoms with E-state index in [1.54, 1.807) is 66.9 Å². The minimum absolute atomic E-state index is 0.0316. The van der Waals surface area contributed by atoms with E-state index in [2.05, 4.69) is 116 Å². The average molecular weight is 2100 g/mol. The van der Waals surface area contributed by atoms with Crippen molar-refractivity contribution >= 4 is 34.9 Å². The molecule has 6 aromatic carbocycles. The number of alkyl halides is 18. The van der Waals surface area contributed by atoms with Gasteiger partial charge in [0.2, 0.25) is 11.7 Å². The molecule has 804 valence electrons. The van der Waals surface area contributed by atoms with Gasteiger partial charge in [0.1, 0.15) is 34.8 Å². The van der Waals surface area contributed by atoms with Crippen LogP contribution in [-0.4, -0.2) is 51.1 Å². The van der Waals surface area contributed by atoms with Gasteiger partial charge in [-0.25, -0.2) is 15.0 Å². The molecule has 5 aromatic heterocycles. The molecule has 12 nitrogen and oxygen atoms in total. The van der Waals surface area contributed by atoms with Crippen molar-refractivity contribution in [3.63, 3.8) is 0 Å². The lowest BCUT2D eigenvalue weighted by Crippen LogP contribution is -2.12. The van der Waals surface area contributed by atoms with E-state index >= 15 is 0 Å². The van der Waals surface area contributed by atoms with Gasteiger partial charge in [0.25, 0.3) is 5.82 Å². The van der Waals surface area contributed by atoms with Gasteiger partial charge in [-0.15, -0.1) is 4.98 Å². The number of primary amides is 1. The summed E-state index contributed by atoms with van der Waals surface area (Å²) in [6.45, 7) is 56.1. The summed E-state index contributed by atoms with van der Waals surface area (Å²) in [5.41, 5.74) is 14.3. The van der Waals surface area contributed by atoms with Gasteiger partial charge in [-0.1, -0.05) is 267 Å². The SMILES string of the molecule is CC(C)Cc1cc(Cl)c(O)c(Cl)c1.CC(C)Cc1ccc(C(F)(F)F)cc1.CC(C)Cc1ccc(C(F)(F)F)nc1.CC(C)Cc1ccc(O)cc1.CC(C)Cc1cccc(C(F)(F)F)c1.CC(C)Cc1cccc(C(F)(F)F)n1.CC(C)Cc1cccc(C(N)=O)c1.CC(C)Cc1ccnc(C(F)(F)F)c1.CC(C)Cc1ccnc(C(F)(F)F)n1.Cc1cc(CC(C)C)cc(C)c1O.[C-]#[N+]c1cc(CC(C)C)ccn1. The van der Waals surface area contributed by atoms with Gasteiger partial charge in [0, 0.05) is 35.5 Å². The summed E-state index contributed by atoms with van der Waals surface area (Å²) in [4.78, 5) is 34.9. The molecule has 0 aliphatic heterocycles. The zero-order valence-corrected chi connectivity index (χ0v) is 89.3. The average Bonchev–Trinajstić information content (AvgIpc) is 0.846. The Hall–Kier alpha value is -11.3. The monoisotopic (exact) mass is 2100 g/mol. The molecule has 5 heterocycles. The van der Waals surface area contributed by atoms with E-state index in [1.165, 1.54) is 65.0 Å². The number of amides is 1. The van der Waals surface area contributed by atoms with Crippen LogP contribution in [0.4, 0.5) is 84.8 Å². The number of carbonyl (C=O) groups is 1. The van der Waals surface area contributed by atoms with Crippen LogP contribution in [0.15, 0.2) is 207 Å². The predicted octanol–water partition coefficient (Wildman–Crippen LogP) is 34.9. The van der Waals surface area contributed by atoms with E-state index in [1.807, 2.05) is 139 Å². The van der Waals surface area contributed by atoms with Crippen molar-refractivity contribution in [3.05, 3.63) is 340 Å². The summed E-state index contributed by atoms with van der Waals surface area (Å²) in [6, 6.07) is 48.0. The standard InChI is InChI=1S/C12H18O.2C11H13F3.C11H15NO.C10H12Cl2O.3C10H12F3N.C10H12N2.C10H14O.C9H11F3N2/c1-8(2)5-11-6-9(3)12(13)10(4)7-11;1-8(2)7-9-3-5-10(6-4-9)11(12,13)14;1-8(2)6-9-4-3-5-10(7-9)11(12,13)14;1-8(2)6-9-4-3-5-10(7-9)11(12)13;1-6(2)3-7-4-8(11)10(13)9(12)5-7;1-7(2)5-8-3-4-14-9(6-8)10(11,12)13;1-7(2)5-8-3-4-9(14-6-8)10(11,12)13;1-7(2)6-8-4-3-5-9(14-8)10(11,12)13;1-8(2)6-9-4-5-12-10(7-9)11-3;1-8(2)7-9-3-5-10(11)6-4-9;1-6(2)5-7-3-4-13-8(14-7)9(10,11)12/h6-8,13H,5H2,1-4H3;3-6,8H,7H2,1-2H3;3-5,7-8H,6H2,1-2H3;3-5,7-8H,6H2,1-2H3,(H2,12,13);4-6,13H,3H2,1-2H3;2*3-4,6-7H,5H2,1-2H3;3-5,7H,6H2,1-2H3;4-5,7-8H,6H2,1-2H3;3-6,8,11H,7H2,1-2H3;3-4,6H,5H2,1-2H3. The Morgan fingerprint density at radius 2 is 0.671 bits per heavy atom. The van der Waals surface area contributed by atoms with Gasteiger partial charge < -0.3 is 25.9 Å². The van der Waals surface area contributed by atoms with Gasteiger partial charge in [-0.2, -0.15) is 79.0 Å². The lowest BCUT2D eigenvalue weighted by Gasteiger charge is -2.09. The Balaban J connectivity index is 0.000000803. The highest BCUT2D eigenvalue weighted by Gasteiger charge is 2.37. The molecule has 0 atom stereocenters. The molecule has 1 amide bonds. The molecule has 0 saturated carbocycles. The molecule has 0 bridgehead atoms. The first-order valence-electron chi connectivity index (χ1n) is 48.1. The number of phenolic OH excluding ortho intramolecular Hbond substituents is 3. The quantitative estimate of drug-likeness (QED) is 0.0355. The third-order valence-corrected chi connectivity index (χ3v) is 20.1. The van der Waals surface area contributed by atoms with Gasteiger partial charge in [-0.3, -0.25) is 14.8 Å². The van der Waals surface area contributed by atoms with E-state index in [0.29, 0.717) is 135 Å². The van der Waals surface area contributed by atoms with E-state index in [-0.39, 0.29) is 17.6 Å². The maximum Gasteiger partial charge on any atom is 0.451 e. The van der Waals surface area contributed by atoms with Crippen molar-refractivity contribution in [2.45, 2.75) is 274 Å². The minimum atomic E-state index is -4.45. The maximum absolute atomic E-state index is 12.3. The van der Waals surface area contributed by atoms with Gasteiger partial charge >= 0.3 is 37.1 Å². The molecule has 0 fully saturated rings. The summed E-state index contributed by atoms with van der Waals surface area (Å²) >= 11 is 11.5. The van der Waals surface area contributed by atoms with E-state index in [0.717, 1.165) is 121 Å². The van der Waals surface area contributed by atoms with Crippen LogP contribution in [-0.2, 0) is 108 Å². The third kappa shape index (κ3) is 59.5. The fourth-order valence-electron chi connectivity index (χ4n) is 13.7. The number of carbonyl (C=O) groups excluding carboxylic acids is 1. The van der Waals surface area contributed by atoms with E-state index in [4.69, 9.17) is 40.6 Å². The van der Waals surface area contributed by atoms with Crippen LogP contribution in [0.25, 0.3) is 4.85 Å². The lowest BCUT2D eigenvalue weighted by molar-refractivity contribution is -0.145. The summed E-state index contributed by atoms with van der Waals surface area (Å²) in [5.74, 6) is 5.16. The molecule has 0 saturated heterocycles. The number of benzene rings is 6. The van der Waals surface area contributed by atoms with Crippen molar-refractivity contribution < 1.29 is 99.1 Å². The van der Waals surface area contributed by atoms with Gasteiger partial charge in [0.15, 0.2) is 5.75 Å². The molecule has 0 aliphatic rings. The Labute approximate surface area is 861 Å². The number of aromatic hydroxyl groups is 3.